The minimum Gasteiger partial charge on any atom is -0.305 e. The van der Waals surface area contributed by atoms with Crippen molar-refractivity contribution in [2.75, 3.05) is 5.32 Å². The van der Waals surface area contributed by atoms with Crippen LogP contribution in [-0.4, -0.2) is 15.7 Å². The molecule has 0 unspecified atom stereocenters. The molecule has 0 fully saturated rings. The minimum absolute atomic E-state index is 0.230. The number of aryl methyl sites for hydroxylation is 1. The Morgan fingerprint density at radius 3 is 2.72 bits per heavy atom. The summed E-state index contributed by atoms with van der Waals surface area (Å²) in [6.07, 6.45) is 0. The third-order valence-electron chi connectivity index (χ3n) is 3.64. The van der Waals surface area contributed by atoms with Crippen LogP contribution in [0.4, 0.5) is 10.2 Å². The van der Waals surface area contributed by atoms with Crippen LogP contribution in [0.5, 0.6) is 0 Å². The van der Waals surface area contributed by atoms with Gasteiger partial charge in [-0.2, -0.15) is 5.10 Å². The number of anilines is 1. The summed E-state index contributed by atoms with van der Waals surface area (Å²) in [6, 6.07) is 12.5. The lowest BCUT2D eigenvalue weighted by Crippen LogP contribution is -2.13. The summed E-state index contributed by atoms with van der Waals surface area (Å²) in [5.41, 5.74) is 1.94. The summed E-state index contributed by atoms with van der Waals surface area (Å²) in [7, 11) is 0. The Morgan fingerprint density at radius 1 is 1.20 bits per heavy atom. The van der Waals surface area contributed by atoms with Crippen LogP contribution in [0.25, 0.3) is 0 Å². The van der Waals surface area contributed by atoms with Gasteiger partial charge in [0.15, 0.2) is 5.82 Å². The Balaban J connectivity index is 1.77. The van der Waals surface area contributed by atoms with Gasteiger partial charge in [-0.3, -0.25) is 9.48 Å². The molecule has 0 aliphatic rings. The molecular weight excluding hydrogens is 364 g/mol. The van der Waals surface area contributed by atoms with E-state index in [0.717, 1.165) is 11.3 Å². The van der Waals surface area contributed by atoms with Gasteiger partial charge in [-0.1, -0.05) is 35.3 Å². The second-order valence-corrected chi connectivity index (χ2v) is 6.37. The molecule has 0 saturated heterocycles. The van der Waals surface area contributed by atoms with E-state index in [-0.39, 0.29) is 5.56 Å². The van der Waals surface area contributed by atoms with E-state index in [2.05, 4.69) is 10.4 Å². The van der Waals surface area contributed by atoms with Gasteiger partial charge in [0.1, 0.15) is 5.82 Å². The van der Waals surface area contributed by atoms with E-state index in [4.69, 9.17) is 23.2 Å². The van der Waals surface area contributed by atoms with Crippen LogP contribution >= 0.6 is 23.2 Å². The van der Waals surface area contributed by atoms with E-state index in [1.807, 2.05) is 13.0 Å². The van der Waals surface area contributed by atoms with Crippen LogP contribution < -0.4 is 5.32 Å². The maximum Gasteiger partial charge on any atom is 0.256 e. The first kappa shape index (κ1) is 17.5. The SMILES string of the molecule is Cc1cc(NC(=O)c2cccc(F)c2)nn1Cc1ccc(Cl)cc1Cl. The zero-order chi connectivity index (χ0) is 18.0. The van der Waals surface area contributed by atoms with E-state index in [9.17, 15) is 9.18 Å². The number of hydrogen-bond donors (Lipinski definition) is 1. The average molecular weight is 378 g/mol. The Bertz CT molecular complexity index is 940. The third kappa shape index (κ3) is 4.18. The minimum atomic E-state index is -0.466. The second-order valence-electron chi connectivity index (χ2n) is 5.53. The van der Waals surface area contributed by atoms with Crippen LogP contribution in [0.2, 0.25) is 10.0 Å². The summed E-state index contributed by atoms with van der Waals surface area (Å²) in [4.78, 5) is 12.2. The monoisotopic (exact) mass is 377 g/mol. The van der Waals surface area contributed by atoms with Crippen LogP contribution in [0.3, 0.4) is 0 Å². The molecule has 0 aliphatic heterocycles. The molecule has 3 aromatic rings. The maximum absolute atomic E-state index is 13.2. The first-order valence-electron chi connectivity index (χ1n) is 7.47. The molecule has 1 aromatic heterocycles. The fourth-order valence-corrected chi connectivity index (χ4v) is 2.83. The number of aromatic nitrogens is 2. The molecule has 4 nitrogen and oxygen atoms in total. The fraction of sp³-hybridized carbons (Fsp3) is 0.111. The maximum atomic E-state index is 13.2. The normalized spacial score (nSPS) is 10.7. The highest BCUT2D eigenvalue weighted by atomic mass is 35.5. The van der Waals surface area contributed by atoms with Gasteiger partial charge < -0.3 is 5.32 Å². The highest BCUT2D eigenvalue weighted by molar-refractivity contribution is 6.35. The number of carbonyl (C=O) groups is 1. The van der Waals surface area contributed by atoms with Crippen molar-refractivity contribution < 1.29 is 9.18 Å². The van der Waals surface area contributed by atoms with Crippen molar-refractivity contribution >= 4 is 34.9 Å². The van der Waals surface area contributed by atoms with Crippen molar-refractivity contribution in [3.63, 3.8) is 0 Å². The molecule has 3 rings (SSSR count). The summed E-state index contributed by atoms with van der Waals surface area (Å²) in [6.45, 7) is 2.31. The highest BCUT2D eigenvalue weighted by Gasteiger charge is 2.12. The quantitative estimate of drug-likeness (QED) is 0.699. The predicted octanol–water partition coefficient (Wildman–Crippen LogP) is 4.94. The first-order valence-corrected chi connectivity index (χ1v) is 8.23. The molecule has 1 heterocycles. The lowest BCUT2D eigenvalue weighted by atomic mass is 10.2. The standard InChI is InChI=1S/C18H14Cl2FN3O/c1-11-7-17(22-18(25)12-3-2-4-15(21)8-12)23-24(11)10-13-5-6-14(19)9-16(13)20/h2-9H,10H2,1H3,(H,22,23,25). The third-order valence-corrected chi connectivity index (χ3v) is 4.23. The van der Waals surface area contributed by atoms with Gasteiger partial charge in [-0.25, -0.2) is 4.39 Å². The zero-order valence-electron chi connectivity index (χ0n) is 13.3. The molecule has 1 amide bonds. The number of nitrogens with zero attached hydrogens (tertiary/aromatic N) is 2. The van der Waals surface area contributed by atoms with E-state index in [1.54, 1.807) is 22.9 Å². The fourth-order valence-electron chi connectivity index (χ4n) is 2.36. The molecule has 2 aromatic carbocycles. The molecule has 128 valence electrons. The average Bonchev–Trinajstić information content (AvgIpc) is 2.89. The van der Waals surface area contributed by atoms with Crippen molar-refractivity contribution in [2.45, 2.75) is 13.5 Å². The number of benzene rings is 2. The molecule has 7 heteroatoms. The number of amides is 1. The van der Waals surface area contributed by atoms with Crippen LogP contribution in [-0.2, 0) is 6.54 Å². The van der Waals surface area contributed by atoms with Gasteiger partial charge in [0.05, 0.1) is 6.54 Å². The van der Waals surface area contributed by atoms with Gasteiger partial charge in [-0.15, -0.1) is 0 Å². The smallest absolute Gasteiger partial charge is 0.256 e. The van der Waals surface area contributed by atoms with E-state index in [1.165, 1.54) is 24.3 Å². The summed E-state index contributed by atoms with van der Waals surface area (Å²) < 4.78 is 14.9. The van der Waals surface area contributed by atoms with Crippen LogP contribution in [0.1, 0.15) is 21.6 Å². The largest absolute Gasteiger partial charge is 0.305 e. The van der Waals surface area contributed by atoms with E-state index < -0.39 is 11.7 Å². The highest BCUT2D eigenvalue weighted by Crippen LogP contribution is 2.22. The first-order chi connectivity index (χ1) is 11.9. The number of halogens is 3. The summed E-state index contributed by atoms with van der Waals surface area (Å²) in [5, 5.41) is 8.13. The molecule has 0 saturated carbocycles. The number of carbonyl (C=O) groups excluding carboxylic acids is 1. The molecule has 25 heavy (non-hydrogen) atoms. The Morgan fingerprint density at radius 2 is 2.00 bits per heavy atom. The van der Waals surface area contributed by atoms with Crippen LogP contribution in [0.15, 0.2) is 48.5 Å². The van der Waals surface area contributed by atoms with Crippen molar-refractivity contribution in [1.82, 2.24) is 9.78 Å². The van der Waals surface area contributed by atoms with Gasteiger partial charge in [0.25, 0.3) is 5.91 Å². The molecule has 0 aliphatic carbocycles. The van der Waals surface area contributed by atoms with Gasteiger partial charge in [0, 0.05) is 27.4 Å². The Hall–Kier alpha value is -2.37. The van der Waals surface area contributed by atoms with Crippen LogP contribution in [0, 0.1) is 12.7 Å². The van der Waals surface area contributed by atoms with E-state index >= 15 is 0 Å². The molecule has 0 radical (unpaired) electrons. The van der Waals surface area contributed by atoms with E-state index in [0.29, 0.717) is 22.4 Å². The van der Waals surface area contributed by atoms with Crippen molar-refractivity contribution in [2.24, 2.45) is 0 Å². The second kappa shape index (κ2) is 7.25. The van der Waals surface area contributed by atoms with Crippen molar-refractivity contribution in [1.29, 1.82) is 0 Å². The Kier molecular flexibility index (Phi) is 5.06. The molecule has 1 N–H and O–H groups in total. The topological polar surface area (TPSA) is 46.9 Å². The molecule has 0 spiro atoms. The number of rotatable bonds is 4. The van der Waals surface area contributed by atoms with Crippen molar-refractivity contribution in [3.05, 3.63) is 81.2 Å². The number of hydrogen-bond acceptors (Lipinski definition) is 2. The predicted molar refractivity (Wildman–Crippen MR) is 96.9 cm³/mol. The van der Waals surface area contributed by atoms with Gasteiger partial charge in [-0.05, 0) is 42.8 Å². The van der Waals surface area contributed by atoms with Gasteiger partial charge >= 0.3 is 0 Å². The molecule has 0 bridgehead atoms. The Labute approximate surface area is 154 Å². The lowest BCUT2D eigenvalue weighted by molar-refractivity contribution is 0.102. The summed E-state index contributed by atoms with van der Waals surface area (Å²) in [5.74, 6) is -0.503. The molecule has 0 atom stereocenters. The lowest BCUT2D eigenvalue weighted by Gasteiger charge is -2.07. The zero-order valence-corrected chi connectivity index (χ0v) is 14.8. The van der Waals surface area contributed by atoms with Crippen molar-refractivity contribution in [3.8, 4) is 0 Å². The molecular formula is C18H14Cl2FN3O. The number of nitrogens with one attached hydrogen (secondary N) is 1. The van der Waals surface area contributed by atoms with Gasteiger partial charge in [0.2, 0.25) is 0 Å². The summed E-state index contributed by atoms with van der Waals surface area (Å²) >= 11 is 12.1.